The van der Waals surface area contributed by atoms with Crippen LogP contribution in [0.1, 0.15) is 30.4 Å². The summed E-state index contributed by atoms with van der Waals surface area (Å²) in [5.74, 6) is 0.841. The highest BCUT2D eigenvalue weighted by Crippen LogP contribution is 2.23. The van der Waals surface area contributed by atoms with E-state index >= 15 is 0 Å². The maximum absolute atomic E-state index is 6.16. The van der Waals surface area contributed by atoms with E-state index in [4.69, 9.17) is 17.3 Å². The minimum Gasteiger partial charge on any atom is -0.330 e. The van der Waals surface area contributed by atoms with E-state index in [1.54, 1.807) is 0 Å². The molecule has 1 aliphatic heterocycles. The normalized spacial score (nSPS) is 18.2. The molecule has 0 bridgehead atoms. The van der Waals surface area contributed by atoms with Crippen molar-refractivity contribution in [1.29, 1.82) is 0 Å². The zero-order valence-corrected chi connectivity index (χ0v) is 11.9. The molecule has 1 aromatic rings. The third kappa shape index (κ3) is 3.71. The van der Waals surface area contributed by atoms with Crippen LogP contribution in [0.5, 0.6) is 0 Å². The molecule has 1 aromatic carbocycles. The molecule has 0 unspecified atom stereocenters. The summed E-state index contributed by atoms with van der Waals surface area (Å²) in [5.41, 5.74) is 8.10. The lowest BCUT2D eigenvalue weighted by atomic mass is 9.93. The highest BCUT2D eigenvalue weighted by molar-refractivity contribution is 6.31. The van der Waals surface area contributed by atoms with Gasteiger partial charge in [0.15, 0.2) is 0 Å². The van der Waals surface area contributed by atoms with Gasteiger partial charge in [-0.05, 0) is 68.9 Å². The van der Waals surface area contributed by atoms with Crippen LogP contribution in [0.15, 0.2) is 18.2 Å². The predicted octanol–water partition coefficient (Wildman–Crippen LogP) is 3.21. The first-order chi connectivity index (χ1) is 8.69. The lowest BCUT2D eigenvalue weighted by molar-refractivity contribution is 0.173. The van der Waals surface area contributed by atoms with E-state index in [1.807, 2.05) is 6.92 Å². The summed E-state index contributed by atoms with van der Waals surface area (Å²) >= 11 is 6.16. The average Bonchev–Trinajstić information content (AvgIpc) is 2.37. The molecule has 1 aliphatic rings. The molecule has 2 nitrogen and oxygen atoms in total. The third-order valence-electron chi connectivity index (χ3n) is 3.92. The van der Waals surface area contributed by atoms with Gasteiger partial charge in [-0.15, -0.1) is 0 Å². The van der Waals surface area contributed by atoms with E-state index in [0.29, 0.717) is 0 Å². The molecule has 1 saturated heterocycles. The largest absolute Gasteiger partial charge is 0.330 e. The van der Waals surface area contributed by atoms with Gasteiger partial charge in [0.2, 0.25) is 0 Å². The van der Waals surface area contributed by atoms with Gasteiger partial charge in [0.1, 0.15) is 0 Å². The summed E-state index contributed by atoms with van der Waals surface area (Å²) in [7, 11) is 0. The van der Waals surface area contributed by atoms with Crippen LogP contribution in [0.4, 0.5) is 0 Å². The number of likely N-dealkylation sites (tertiary alicyclic amines) is 1. The fourth-order valence-electron chi connectivity index (χ4n) is 2.66. The third-order valence-corrected chi connectivity index (χ3v) is 4.33. The number of aryl methyl sites for hydroxylation is 1. The molecule has 0 saturated carbocycles. The monoisotopic (exact) mass is 266 g/mol. The molecule has 0 spiro atoms. The predicted molar refractivity (Wildman–Crippen MR) is 77.9 cm³/mol. The molecule has 100 valence electrons. The minimum atomic E-state index is 0.832. The second-order valence-electron chi connectivity index (χ2n) is 5.38. The number of rotatable bonds is 4. The van der Waals surface area contributed by atoms with Gasteiger partial charge in [-0.3, -0.25) is 4.90 Å². The van der Waals surface area contributed by atoms with Crippen molar-refractivity contribution in [1.82, 2.24) is 4.90 Å². The van der Waals surface area contributed by atoms with Crippen molar-refractivity contribution in [2.24, 2.45) is 11.7 Å². The maximum Gasteiger partial charge on any atom is 0.0438 e. The standard InChI is InChI=1S/C15H23ClN2/c1-12-2-3-14(10-15(12)16)11-18-8-5-13(4-7-17)6-9-18/h2-3,10,13H,4-9,11,17H2,1H3. The van der Waals surface area contributed by atoms with Gasteiger partial charge in [-0.25, -0.2) is 0 Å². The van der Waals surface area contributed by atoms with Crippen molar-refractivity contribution in [2.75, 3.05) is 19.6 Å². The fraction of sp³-hybridized carbons (Fsp3) is 0.600. The van der Waals surface area contributed by atoms with Crippen molar-refractivity contribution in [3.05, 3.63) is 34.3 Å². The Morgan fingerprint density at radius 2 is 2.06 bits per heavy atom. The zero-order valence-electron chi connectivity index (χ0n) is 11.2. The molecule has 2 rings (SSSR count). The summed E-state index contributed by atoms with van der Waals surface area (Å²) in [6, 6.07) is 6.40. The van der Waals surface area contributed by atoms with Crippen molar-refractivity contribution < 1.29 is 0 Å². The van der Waals surface area contributed by atoms with E-state index in [-0.39, 0.29) is 0 Å². The van der Waals surface area contributed by atoms with Gasteiger partial charge < -0.3 is 5.73 Å². The number of piperidine rings is 1. The van der Waals surface area contributed by atoms with Gasteiger partial charge in [0.25, 0.3) is 0 Å². The van der Waals surface area contributed by atoms with Crippen LogP contribution in [0, 0.1) is 12.8 Å². The molecule has 0 aromatic heterocycles. The van der Waals surface area contributed by atoms with Crippen LogP contribution in [0.2, 0.25) is 5.02 Å². The molecular formula is C15H23ClN2. The van der Waals surface area contributed by atoms with Crippen molar-refractivity contribution in [2.45, 2.75) is 32.7 Å². The second-order valence-corrected chi connectivity index (χ2v) is 5.79. The Labute approximate surface area is 115 Å². The first-order valence-electron chi connectivity index (χ1n) is 6.86. The fourth-order valence-corrected chi connectivity index (χ4v) is 2.86. The number of nitrogens with zero attached hydrogens (tertiary/aromatic N) is 1. The smallest absolute Gasteiger partial charge is 0.0438 e. The Morgan fingerprint density at radius 3 is 2.67 bits per heavy atom. The van der Waals surface area contributed by atoms with Crippen LogP contribution in [-0.4, -0.2) is 24.5 Å². The summed E-state index contributed by atoms with van der Waals surface area (Å²) in [6.07, 6.45) is 3.76. The molecule has 0 atom stereocenters. The average molecular weight is 267 g/mol. The molecule has 0 aliphatic carbocycles. The quantitative estimate of drug-likeness (QED) is 0.907. The Bertz CT molecular complexity index is 384. The van der Waals surface area contributed by atoms with Crippen LogP contribution >= 0.6 is 11.6 Å². The summed E-state index contributed by atoms with van der Waals surface area (Å²) < 4.78 is 0. The molecule has 1 heterocycles. The van der Waals surface area contributed by atoms with Crippen LogP contribution in [-0.2, 0) is 6.54 Å². The van der Waals surface area contributed by atoms with Gasteiger partial charge in [0, 0.05) is 11.6 Å². The molecule has 2 N–H and O–H groups in total. The van der Waals surface area contributed by atoms with E-state index in [1.165, 1.54) is 37.9 Å². The van der Waals surface area contributed by atoms with Gasteiger partial charge in [0.05, 0.1) is 0 Å². The molecule has 1 fully saturated rings. The first-order valence-corrected chi connectivity index (χ1v) is 7.24. The maximum atomic E-state index is 6.16. The lowest BCUT2D eigenvalue weighted by Gasteiger charge is -2.31. The Morgan fingerprint density at radius 1 is 1.33 bits per heavy atom. The van der Waals surface area contributed by atoms with Crippen LogP contribution in [0.3, 0.4) is 0 Å². The Kier molecular flexibility index (Phi) is 5.04. The highest BCUT2D eigenvalue weighted by Gasteiger charge is 2.18. The molecule has 0 amide bonds. The van der Waals surface area contributed by atoms with E-state index < -0.39 is 0 Å². The molecular weight excluding hydrogens is 244 g/mol. The number of hydrogen-bond donors (Lipinski definition) is 1. The van der Waals surface area contributed by atoms with Crippen molar-refractivity contribution in [3.8, 4) is 0 Å². The van der Waals surface area contributed by atoms with E-state index in [9.17, 15) is 0 Å². The Hall–Kier alpha value is -0.570. The second kappa shape index (κ2) is 6.55. The molecule has 0 radical (unpaired) electrons. The number of benzene rings is 1. The van der Waals surface area contributed by atoms with Gasteiger partial charge in [-0.1, -0.05) is 23.7 Å². The van der Waals surface area contributed by atoms with Crippen LogP contribution in [0.25, 0.3) is 0 Å². The SMILES string of the molecule is Cc1ccc(CN2CCC(CCN)CC2)cc1Cl. The van der Waals surface area contributed by atoms with Crippen molar-refractivity contribution in [3.63, 3.8) is 0 Å². The van der Waals surface area contributed by atoms with Gasteiger partial charge in [-0.2, -0.15) is 0 Å². The van der Waals surface area contributed by atoms with Crippen LogP contribution < -0.4 is 5.73 Å². The first kappa shape index (κ1) is 13.9. The summed E-state index contributed by atoms with van der Waals surface area (Å²) in [4.78, 5) is 2.52. The van der Waals surface area contributed by atoms with Gasteiger partial charge >= 0.3 is 0 Å². The Balaban J connectivity index is 1.85. The minimum absolute atomic E-state index is 0.832. The topological polar surface area (TPSA) is 29.3 Å². The molecule has 18 heavy (non-hydrogen) atoms. The summed E-state index contributed by atoms with van der Waals surface area (Å²) in [6.45, 7) is 6.28. The highest BCUT2D eigenvalue weighted by atomic mass is 35.5. The van der Waals surface area contributed by atoms with Crippen molar-refractivity contribution >= 4 is 11.6 Å². The number of halogens is 1. The summed E-state index contributed by atoms with van der Waals surface area (Å²) in [5, 5.41) is 0.880. The number of hydrogen-bond acceptors (Lipinski definition) is 2. The van der Waals surface area contributed by atoms with E-state index in [2.05, 4.69) is 23.1 Å². The number of nitrogens with two attached hydrogens (primary N) is 1. The van der Waals surface area contributed by atoms with E-state index in [0.717, 1.165) is 29.6 Å². The molecule has 3 heteroatoms. The lowest BCUT2D eigenvalue weighted by Crippen LogP contribution is -2.33. The zero-order chi connectivity index (χ0) is 13.0.